The van der Waals surface area contributed by atoms with Crippen LogP contribution in [0, 0.1) is 22.1 Å². The van der Waals surface area contributed by atoms with E-state index in [0.29, 0.717) is 28.5 Å². The molecule has 12 atom stereocenters. The molecular weight excluding hydrogens is 1480 g/mol. The molecule has 0 saturated carbocycles. The molecule has 42 nitrogen and oxygen atoms in total. The van der Waals surface area contributed by atoms with Gasteiger partial charge in [0.25, 0.3) is 0 Å². The number of carboxylic acid groups (broad SMARTS) is 1. The molecule has 1 heterocycles. The number of aromatic nitrogens is 1. The molecule has 2 aromatic carbocycles. The first-order chi connectivity index (χ1) is 52.9. The van der Waals surface area contributed by atoms with Crippen LogP contribution in [-0.2, 0) is 84.8 Å². The topological polar surface area (TPSA) is 740 Å². The lowest BCUT2D eigenvalue weighted by atomic mass is 10.0. The quantitative estimate of drug-likeness (QED) is 0.0108. The van der Waals surface area contributed by atoms with Gasteiger partial charge < -0.3 is 130 Å². The van der Waals surface area contributed by atoms with E-state index < -0.39 is 211 Å². The Morgan fingerprint density at radius 3 is 1.26 bits per heavy atom. The Labute approximate surface area is 651 Å². The second-order valence-electron chi connectivity index (χ2n) is 26.8. The summed E-state index contributed by atoms with van der Waals surface area (Å²) < 4.78 is 0. The summed E-state index contributed by atoms with van der Waals surface area (Å²) in [5.74, 6) is -17.5. The van der Waals surface area contributed by atoms with Gasteiger partial charge in [-0.2, -0.15) is 12.6 Å². The average Bonchev–Trinajstić information content (AvgIpc) is 1.64. The number of fused-ring (bicyclic) bond motifs is 1. The van der Waals surface area contributed by atoms with Gasteiger partial charge in [0.05, 0.1) is 12.5 Å². The molecule has 0 saturated heterocycles. The number of hydrogen-bond donors (Lipinski definition) is 28. The van der Waals surface area contributed by atoms with Crippen molar-refractivity contribution in [3.63, 3.8) is 0 Å². The number of para-hydroxylation sites is 1. The van der Waals surface area contributed by atoms with Crippen LogP contribution in [0.2, 0.25) is 0 Å². The molecule has 0 aliphatic heterocycles. The Bertz CT molecular complexity index is 3760. The van der Waals surface area contributed by atoms with E-state index in [-0.39, 0.29) is 102 Å². The van der Waals surface area contributed by atoms with E-state index >= 15 is 0 Å². The third-order valence-electron chi connectivity index (χ3n) is 17.3. The molecule has 618 valence electrons. The summed E-state index contributed by atoms with van der Waals surface area (Å²) >= 11 is 4.09. The third-order valence-corrected chi connectivity index (χ3v) is 17.7. The van der Waals surface area contributed by atoms with Gasteiger partial charge in [0.2, 0.25) is 82.7 Å². The number of carboxylic acids is 1. The van der Waals surface area contributed by atoms with Crippen LogP contribution in [0.3, 0.4) is 0 Å². The number of unbranched alkanes of at least 4 members (excludes halogenated alkanes) is 1. The number of amides is 14. The number of hydrogen-bond acceptors (Lipinski definition) is 21. The number of nitrogens with one attached hydrogen (secondary N) is 18. The van der Waals surface area contributed by atoms with Crippen LogP contribution in [0.1, 0.15) is 122 Å². The molecule has 0 aliphatic rings. The molecular formula is C69H110N26O16S. The lowest BCUT2D eigenvalue weighted by Crippen LogP contribution is -2.61. The molecule has 0 aliphatic carbocycles. The molecule has 1 aromatic heterocycles. The normalized spacial score (nSPS) is 14.2. The van der Waals surface area contributed by atoms with E-state index in [0.717, 1.165) is 0 Å². The van der Waals surface area contributed by atoms with E-state index in [4.69, 9.17) is 62.1 Å². The first kappa shape index (κ1) is 94.3. The highest BCUT2D eigenvalue weighted by molar-refractivity contribution is 7.80. The lowest BCUT2D eigenvalue weighted by Gasteiger charge is -2.28. The summed E-state index contributed by atoms with van der Waals surface area (Å²) in [6.45, 7) is 4.54. The summed E-state index contributed by atoms with van der Waals surface area (Å²) in [5.41, 5.74) is 46.3. The van der Waals surface area contributed by atoms with Gasteiger partial charge in [-0.1, -0.05) is 62.4 Å². The minimum atomic E-state index is -1.93. The number of H-pyrrole nitrogens is 1. The first-order valence-corrected chi connectivity index (χ1v) is 36.9. The Morgan fingerprint density at radius 1 is 0.429 bits per heavy atom. The SMILES string of the molecule is CC(C)[C@H](NC(=O)[C@H](CCCCN)NC(=O)[C@H](CCCNC(=N)N)NC(=O)[C@H](C)NC(=O)[C@H](CC(N)=O)NC(=O)[C@H](CCCNC(=N)N)NC(=O)[C@H](CCC(N)=O)NC(=O)[C@H](Cc1c[nH]c2ccccc12)NC(=O)[C@H](CCC(N)=O)NC(=O)[C@H](Cc1ccccc1)NC(=O)[C@@H](N)CS)C(=O)N[C@@H](CCCNC(=N)N)C(=O)O. The van der Waals surface area contributed by atoms with Gasteiger partial charge >= 0.3 is 5.97 Å². The Balaban J connectivity index is 2.01. The van der Waals surface area contributed by atoms with Crippen molar-refractivity contribution >= 4 is 130 Å². The molecule has 0 radical (unpaired) electrons. The third kappa shape index (κ3) is 35.2. The highest BCUT2D eigenvalue weighted by Gasteiger charge is 2.38. The average molecular weight is 1590 g/mol. The Hall–Kier alpha value is -11.9. The van der Waals surface area contributed by atoms with Gasteiger partial charge in [-0.05, 0) is 107 Å². The van der Waals surface area contributed by atoms with Crippen molar-refractivity contribution in [1.29, 1.82) is 16.2 Å². The second-order valence-corrected chi connectivity index (χ2v) is 27.2. The number of guanidine groups is 3. The summed E-state index contributed by atoms with van der Waals surface area (Å²) in [6.07, 6.45) is -1.78. The van der Waals surface area contributed by atoms with E-state index in [1.165, 1.54) is 6.92 Å². The van der Waals surface area contributed by atoms with Crippen LogP contribution in [0.25, 0.3) is 10.9 Å². The number of primary amides is 3. The number of nitrogens with two attached hydrogens (primary N) is 8. The fourth-order valence-electron chi connectivity index (χ4n) is 11.2. The predicted molar refractivity (Wildman–Crippen MR) is 414 cm³/mol. The molecule has 0 fully saturated rings. The van der Waals surface area contributed by atoms with Crippen LogP contribution in [0.4, 0.5) is 0 Å². The fourth-order valence-corrected chi connectivity index (χ4v) is 11.3. The monoisotopic (exact) mass is 1590 g/mol. The van der Waals surface area contributed by atoms with Crippen LogP contribution in [-0.4, -0.2) is 221 Å². The van der Waals surface area contributed by atoms with Crippen LogP contribution in [0.5, 0.6) is 0 Å². The molecule has 3 aromatic rings. The molecule has 43 heteroatoms. The predicted octanol–water partition coefficient (Wildman–Crippen LogP) is -7.37. The molecule has 0 bridgehead atoms. The van der Waals surface area contributed by atoms with Crippen LogP contribution >= 0.6 is 12.6 Å². The van der Waals surface area contributed by atoms with E-state index in [2.05, 4.69) is 92.0 Å². The fraction of sp³-hybridized carbons (Fsp3) is 0.536. The van der Waals surface area contributed by atoms with Crippen molar-refractivity contribution in [3.05, 3.63) is 71.9 Å². The van der Waals surface area contributed by atoms with Crippen molar-refractivity contribution in [2.75, 3.05) is 31.9 Å². The lowest BCUT2D eigenvalue weighted by molar-refractivity contribution is -0.143. The highest BCUT2D eigenvalue weighted by atomic mass is 32.1. The largest absolute Gasteiger partial charge is 0.480 e. The zero-order chi connectivity index (χ0) is 83.7. The van der Waals surface area contributed by atoms with Crippen molar-refractivity contribution in [1.82, 2.24) is 79.4 Å². The van der Waals surface area contributed by atoms with Gasteiger partial charge in [0.1, 0.15) is 66.5 Å². The maximum Gasteiger partial charge on any atom is 0.326 e. The molecule has 35 N–H and O–H groups in total. The number of carbonyl (C=O) groups excluding carboxylic acids is 14. The van der Waals surface area contributed by atoms with Gasteiger partial charge in [-0.15, -0.1) is 0 Å². The standard InChI is InChI=1S/C69H110N26O16S/c1-35(2)54(65(109)91-47(66(110)111)21-13-29-83-69(79)80)95-61(105)42(18-9-10-26-70)87-57(101)43(19-11-27-81-67(75)76)86-55(99)36(3)85-62(106)50(32-53(74)98)94-58(102)44(20-12-28-82-68(77)78)88-59(103)45(22-24-51(72)96)90-64(108)49(31-38-33-84-41-17-8-7-16-39(38)41)93-60(104)46(23-25-52(73)97)89-63(107)48(92-56(100)40(71)34-112)30-37-14-5-4-6-15-37/h4-8,14-17,33,35-36,40,42-50,54,84,112H,9-13,18-32,34,70-71H2,1-3H3,(H2,72,96)(H2,73,97)(H2,74,98)(H,85,106)(H,86,99)(H,87,101)(H,88,103)(H,89,107)(H,90,108)(H,91,109)(H,92,100)(H,93,104)(H,94,102)(H,95,105)(H,110,111)(H4,75,76,81)(H4,77,78,82)(H4,79,80,83)/t36-,40-,42-,43-,44-,45-,46-,47-,48-,49-,50-,54-/m0/s1. The van der Waals surface area contributed by atoms with Crippen molar-refractivity contribution in [3.8, 4) is 0 Å². The van der Waals surface area contributed by atoms with Crippen molar-refractivity contribution < 1.29 is 77.0 Å². The summed E-state index contributed by atoms with van der Waals surface area (Å²) in [4.78, 5) is 209. The Kier molecular flexibility index (Phi) is 41.5. The van der Waals surface area contributed by atoms with Gasteiger partial charge in [0, 0.05) is 68.2 Å². The molecule has 0 unspecified atom stereocenters. The minimum absolute atomic E-state index is 0.00151. The summed E-state index contributed by atoms with van der Waals surface area (Å²) in [5, 5.41) is 68.3. The van der Waals surface area contributed by atoms with Crippen molar-refractivity contribution in [2.45, 2.75) is 196 Å². The number of benzene rings is 2. The van der Waals surface area contributed by atoms with Crippen molar-refractivity contribution in [2.24, 2.45) is 51.8 Å². The number of thiol groups is 1. The molecule has 14 amide bonds. The molecule has 3 rings (SSSR count). The van der Waals surface area contributed by atoms with Gasteiger partial charge in [-0.25, -0.2) is 4.79 Å². The van der Waals surface area contributed by atoms with E-state index in [9.17, 15) is 77.0 Å². The Morgan fingerprint density at radius 2 is 0.812 bits per heavy atom. The van der Waals surface area contributed by atoms with Gasteiger partial charge in [0.15, 0.2) is 17.9 Å². The summed E-state index contributed by atoms with van der Waals surface area (Å²) in [6, 6.07) is -3.24. The molecule has 0 spiro atoms. The smallest absolute Gasteiger partial charge is 0.326 e. The second kappa shape index (κ2) is 49.3. The van der Waals surface area contributed by atoms with E-state index in [1.54, 1.807) is 74.6 Å². The van der Waals surface area contributed by atoms with Gasteiger partial charge in [-0.3, -0.25) is 83.4 Å². The highest BCUT2D eigenvalue weighted by Crippen LogP contribution is 2.21. The zero-order valence-electron chi connectivity index (χ0n) is 62.8. The van der Waals surface area contributed by atoms with Crippen LogP contribution < -0.4 is 120 Å². The summed E-state index contributed by atoms with van der Waals surface area (Å²) in [7, 11) is 0. The zero-order valence-corrected chi connectivity index (χ0v) is 63.7. The number of carbonyl (C=O) groups is 15. The first-order valence-electron chi connectivity index (χ1n) is 36.3. The number of aliphatic carboxylic acids is 1. The maximum absolute atomic E-state index is 14.9. The number of rotatable bonds is 53. The van der Waals surface area contributed by atoms with E-state index in [1.807, 2.05) is 0 Å². The molecule has 112 heavy (non-hydrogen) atoms. The van der Waals surface area contributed by atoms with Crippen LogP contribution in [0.15, 0.2) is 60.8 Å². The number of aromatic amines is 1. The maximum atomic E-state index is 14.9. The minimum Gasteiger partial charge on any atom is -0.480 e.